The molecule has 0 saturated heterocycles. The lowest BCUT2D eigenvalue weighted by molar-refractivity contribution is -0.131. The molecule has 0 spiro atoms. The Hall–Kier alpha value is -1.55. The van der Waals surface area contributed by atoms with Crippen molar-refractivity contribution >= 4 is 11.6 Å². The minimum atomic E-state index is -0.00189. The molecule has 18 heavy (non-hydrogen) atoms. The Bertz CT molecular complexity index is 373. The molecular weight excluding hydrogens is 226 g/mol. The van der Waals surface area contributed by atoms with Gasteiger partial charge in [-0.1, -0.05) is 19.1 Å². The van der Waals surface area contributed by atoms with Crippen molar-refractivity contribution in [2.24, 2.45) is 5.84 Å². The molecule has 100 valence electrons. The van der Waals surface area contributed by atoms with Crippen molar-refractivity contribution in [1.29, 1.82) is 0 Å². The number of anilines is 1. The van der Waals surface area contributed by atoms with Gasteiger partial charge in [0.1, 0.15) is 0 Å². The van der Waals surface area contributed by atoms with Crippen molar-refractivity contribution in [1.82, 2.24) is 5.01 Å². The van der Waals surface area contributed by atoms with E-state index in [-0.39, 0.29) is 5.91 Å². The molecule has 0 unspecified atom stereocenters. The fourth-order valence-corrected chi connectivity index (χ4v) is 1.74. The number of carbonyl (C=O) groups is 1. The number of hydrogen-bond donors (Lipinski definition) is 1. The van der Waals surface area contributed by atoms with E-state index < -0.39 is 0 Å². The van der Waals surface area contributed by atoms with Crippen LogP contribution in [-0.4, -0.2) is 31.6 Å². The van der Waals surface area contributed by atoms with Crippen LogP contribution in [0.5, 0.6) is 0 Å². The number of carbonyl (C=O) groups excluding carboxylic acids is 1. The molecule has 0 fully saturated rings. The summed E-state index contributed by atoms with van der Waals surface area (Å²) in [6, 6.07) is 8.45. The SMILES string of the molecule is CCC(=O)N(N)CCCc1ccc(N(C)C)cc1. The van der Waals surface area contributed by atoms with Crippen molar-refractivity contribution in [2.75, 3.05) is 25.5 Å². The zero-order valence-corrected chi connectivity index (χ0v) is 11.5. The van der Waals surface area contributed by atoms with E-state index in [9.17, 15) is 4.79 Å². The molecule has 0 atom stereocenters. The van der Waals surface area contributed by atoms with Gasteiger partial charge < -0.3 is 4.90 Å². The molecule has 0 aliphatic carbocycles. The quantitative estimate of drug-likeness (QED) is 0.475. The van der Waals surface area contributed by atoms with E-state index >= 15 is 0 Å². The first kappa shape index (κ1) is 14.5. The first-order valence-electron chi connectivity index (χ1n) is 6.36. The Morgan fingerprint density at radius 1 is 1.22 bits per heavy atom. The topological polar surface area (TPSA) is 49.6 Å². The fraction of sp³-hybridized carbons (Fsp3) is 0.500. The minimum absolute atomic E-state index is 0.00189. The Balaban J connectivity index is 2.38. The lowest BCUT2D eigenvalue weighted by Crippen LogP contribution is -2.37. The van der Waals surface area contributed by atoms with E-state index in [1.54, 1.807) is 0 Å². The van der Waals surface area contributed by atoms with Gasteiger partial charge in [0.15, 0.2) is 0 Å². The highest BCUT2D eigenvalue weighted by atomic mass is 16.2. The average Bonchev–Trinajstić information content (AvgIpc) is 2.38. The molecular formula is C14H23N3O. The second kappa shape index (κ2) is 7.01. The van der Waals surface area contributed by atoms with Gasteiger partial charge >= 0.3 is 0 Å². The second-order valence-electron chi connectivity index (χ2n) is 4.61. The number of benzene rings is 1. The van der Waals surface area contributed by atoms with Gasteiger partial charge in [0.2, 0.25) is 5.91 Å². The molecule has 2 N–H and O–H groups in total. The van der Waals surface area contributed by atoms with Gasteiger partial charge in [-0.15, -0.1) is 0 Å². The normalized spacial score (nSPS) is 10.2. The van der Waals surface area contributed by atoms with Crippen LogP contribution in [0.2, 0.25) is 0 Å². The Morgan fingerprint density at radius 3 is 2.33 bits per heavy atom. The highest BCUT2D eigenvalue weighted by Crippen LogP contribution is 2.13. The van der Waals surface area contributed by atoms with Gasteiger partial charge in [-0.3, -0.25) is 9.80 Å². The summed E-state index contributed by atoms with van der Waals surface area (Å²) in [5.74, 6) is 5.63. The molecule has 0 aliphatic heterocycles. The van der Waals surface area contributed by atoms with Crippen LogP contribution in [0.3, 0.4) is 0 Å². The molecule has 1 aromatic carbocycles. The summed E-state index contributed by atoms with van der Waals surface area (Å²) in [6.45, 7) is 2.43. The van der Waals surface area contributed by atoms with Gasteiger partial charge in [0.05, 0.1) is 0 Å². The smallest absolute Gasteiger partial charge is 0.236 e. The lowest BCUT2D eigenvalue weighted by Gasteiger charge is -2.16. The first-order valence-corrected chi connectivity index (χ1v) is 6.36. The van der Waals surface area contributed by atoms with E-state index in [0.717, 1.165) is 12.8 Å². The average molecular weight is 249 g/mol. The van der Waals surface area contributed by atoms with E-state index in [4.69, 9.17) is 5.84 Å². The fourth-order valence-electron chi connectivity index (χ4n) is 1.74. The first-order chi connectivity index (χ1) is 8.54. The third-order valence-electron chi connectivity index (χ3n) is 2.94. The Morgan fingerprint density at radius 2 is 1.83 bits per heavy atom. The van der Waals surface area contributed by atoms with Crippen molar-refractivity contribution in [3.05, 3.63) is 29.8 Å². The molecule has 4 nitrogen and oxygen atoms in total. The largest absolute Gasteiger partial charge is 0.378 e. The summed E-state index contributed by atoms with van der Waals surface area (Å²) in [6.07, 6.45) is 2.30. The Kier molecular flexibility index (Phi) is 5.65. The summed E-state index contributed by atoms with van der Waals surface area (Å²) < 4.78 is 0. The lowest BCUT2D eigenvalue weighted by atomic mass is 10.1. The highest BCUT2D eigenvalue weighted by molar-refractivity contribution is 5.75. The van der Waals surface area contributed by atoms with E-state index in [2.05, 4.69) is 29.2 Å². The van der Waals surface area contributed by atoms with Gasteiger partial charge in [0, 0.05) is 32.7 Å². The standard InChI is InChI=1S/C14H23N3O/c1-4-14(18)17(15)11-5-6-12-7-9-13(10-8-12)16(2)3/h7-10H,4-6,11,15H2,1-3H3. The molecule has 0 radical (unpaired) electrons. The van der Waals surface area contributed by atoms with Crippen LogP contribution in [0.15, 0.2) is 24.3 Å². The molecule has 1 amide bonds. The molecule has 1 aromatic rings. The maximum Gasteiger partial charge on any atom is 0.236 e. The van der Waals surface area contributed by atoms with Crippen molar-refractivity contribution in [3.63, 3.8) is 0 Å². The molecule has 0 heterocycles. The number of nitrogens with two attached hydrogens (primary N) is 1. The van der Waals surface area contributed by atoms with E-state index in [1.807, 2.05) is 21.0 Å². The zero-order chi connectivity index (χ0) is 13.5. The van der Waals surface area contributed by atoms with Gasteiger partial charge in [-0.2, -0.15) is 0 Å². The maximum absolute atomic E-state index is 11.3. The molecule has 0 aliphatic rings. The van der Waals surface area contributed by atoms with Gasteiger partial charge in [0.25, 0.3) is 0 Å². The molecule has 1 rings (SSSR count). The van der Waals surface area contributed by atoms with Crippen molar-refractivity contribution in [3.8, 4) is 0 Å². The Labute approximate surface area is 109 Å². The van der Waals surface area contributed by atoms with Crippen LogP contribution in [-0.2, 0) is 11.2 Å². The minimum Gasteiger partial charge on any atom is -0.378 e. The van der Waals surface area contributed by atoms with Crippen molar-refractivity contribution in [2.45, 2.75) is 26.2 Å². The second-order valence-corrected chi connectivity index (χ2v) is 4.61. The predicted octanol–water partition coefficient (Wildman–Crippen LogP) is 1.80. The van der Waals surface area contributed by atoms with Crippen LogP contribution >= 0.6 is 0 Å². The summed E-state index contributed by atoms with van der Waals surface area (Å²) >= 11 is 0. The number of hydrazine groups is 1. The molecule has 0 bridgehead atoms. The van der Waals surface area contributed by atoms with Crippen LogP contribution in [0.1, 0.15) is 25.3 Å². The van der Waals surface area contributed by atoms with Gasteiger partial charge in [-0.05, 0) is 30.5 Å². The zero-order valence-electron chi connectivity index (χ0n) is 11.5. The third-order valence-corrected chi connectivity index (χ3v) is 2.94. The predicted molar refractivity (Wildman–Crippen MR) is 75.3 cm³/mol. The summed E-state index contributed by atoms with van der Waals surface area (Å²) in [4.78, 5) is 13.3. The van der Waals surface area contributed by atoms with E-state index in [0.29, 0.717) is 13.0 Å². The third kappa shape index (κ3) is 4.37. The highest BCUT2D eigenvalue weighted by Gasteiger charge is 2.05. The number of aryl methyl sites for hydroxylation is 1. The number of amides is 1. The van der Waals surface area contributed by atoms with Crippen molar-refractivity contribution < 1.29 is 4.79 Å². The number of rotatable bonds is 6. The summed E-state index contributed by atoms with van der Waals surface area (Å²) in [5, 5.41) is 1.31. The van der Waals surface area contributed by atoms with Crippen LogP contribution in [0, 0.1) is 0 Å². The van der Waals surface area contributed by atoms with Gasteiger partial charge in [-0.25, -0.2) is 5.84 Å². The van der Waals surface area contributed by atoms with Crippen LogP contribution in [0.4, 0.5) is 5.69 Å². The monoisotopic (exact) mass is 249 g/mol. The maximum atomic E-state index is 11.3. The number of nitrogens with zero attached hydrogens (tertiary/aromatic N) is 2. The number of hydrogen-bond acceptors (Lipinski definition) is 3. The molecule has 0 aromatic heterocycles. The molecule has 0 saturated carbocycles. The summed E-state index contributed by atoms with van der Waals surface area (Å²) in [7, 11) is 4.05. The van der Waals surface area contributed by atoms with Crippen LogP contribution < -0.4 is 10.7 Å². The van der Waals surface area contributed by atoms with Crippen LogP contribution in [0.25, 0.3) is 0 Å². The molecule has 4 heteroatoms. The van der Waals surface area contributed by atoms with E-state index in [1.165, 1.54) is 16.3 Å². The summed E-state index contributed by atoms with van der Waals surface area (Å²) in [5.41, 5.74) is 2.47.